The number of benzene rings is 1. The van der Waals surface area contributed by atoms with Crippen LogP contribution in [0.5, 0.6) is 0 Å². The molecule has 0 saturated carbocycles. The van der Waals surface area contributed by atoms with E-state index in [4.69, 9.17) is 0 Å². The quantitative estimate of drug-likeness (QED) is 0.550. The van der Waals surface area contributed by atoms with E-state index in [2.05, 4.69) is 38.7 Å². The summed E-state index contributed by atoms with van der Waals surface area (Å²) in [5.74, 6) is 0.186. The Morgan fingerprint density at radius 1 is 1.31 bits per heavy atom. The molecule has 0 bridgehead atoms. The van der Waals surface area contributed by atoms with Crippen LogP contribution in [0.1, 0.15) is 25.8 Å². The van der Waals surface area contributed by atoms with Crippen LogP contribution in [-0.4, -0.2) is 13.6 Å². The van der Waals surface area contributed by atoms with Crippen molar-refractivity contribution in [3.05, 3.63) is 48.1 Å². The fourth-order valence-corrected chi connectivity index (χ4v) is 1.59. The number of hydrogen-bond donors (Lipinski definition) is 0. The van der Waals surface area contributed by atoms with E-state index in [1.54, 1.807) is 6.92 Å². The van der Waals surface area contributed by atoms with Crippen LogP contribution >= 0.6 is 0 Å². The van der Waals surface area contributed by atoms with Crippen molar-refractivity contribution in [1.82, 2.24) is 0 Å². The molecule has 0 N–H and O–H groups in total. The van der Waals surface area contributed by atoms with Gasteiger partial charge in [0, 0.05) is 6.42 Å². The third-order valence-electron chi connectivity index (χ3n) is 2.37. The van der Waals surface area contributed by atoms with Gasteiger partial charge in [0.15, 0.2) is 0 Å². The topological polar surface area (TPSA) is 17.1 Å². The molecule has 0 aliphatic rings. The van der Waals surface area contributed by atoms with Crippen molar-refractivity contribution in [2.75, 3.05) is 0 Å². The molecule has 2 heteroatoms. The van der Waals surface area contributed by atoms with Crippen LogP contribution in [0.25, 0.3) is 5.57 Å². The molecular weight excluding hydrogens is 195 g/mol. The Balaban J connectivity index is 2.79. The summed E-state index contributed by atoms with van der Waals surface area (Å²) in [5, 5.41) is 0. The minimum atomic E-state index is 0.186. The molecular formula is C14H17BO. The third-order valence-corrected chi connectivity index (χ3v) is 2.37. The highest BCUT2D eigenvalue weighted by Crippen LogP contribution is 2.15. The van der Waals surface area contributed by atoms with Gasteiger partial charge in [0.1, 0.15) is 13.6 Å². The molecule has 1 aromatic carbocycles. The summed E-state index contributed by atoms with van der Waals surface area (Å²) in [4.78, 5) is 10.9. The Labute approximate surface area is 98.3 Å². The minimum absolute atomic E-state index is 0.186. The molecule has 0 heterocycles. The molecule has 16 heavy (non-hydrogen) atoms. The maximum Gasteiger partial charge on any atom is 0.139 e. The van der Waals surface area contributed by atoms with Crippen molar-refractivity contribution < 1.29 is 4.79 Å². The van der Waals surface area contributed by atoms with Gasteiger partial charge in [-0.3, -0.25) is 4.79 Å². The lowest BCUT2D eigenvalue weighted by molar-refractivity contribution is -0.116. The fourth-order valence-electron chi connectivity index (χ4n) is 1.59. The standard InChI is InChI=1S/C14H17BO/c1-10(9-12(3)16)8-11(2)13-4-6-14(15)7-5-13/h4-8H,2,9,15H2,1,3H3/b10-8+. The Kier molecular flexibility index (Phi) is 4.30. The van der Waals surface area contributed by atoms with E-state index in [0.29, 0.717) is 6.42 Å². The van der Waals surface area contributed by atoms with Gasteiger partial charge < -0.3 is 0 Å². The molecule has 0 aromatic heterocycles. The van der Waals surface area contributed by atoms with Crippen molar-refractivity contribution >= 4 is 24.7 Å². The van der Waals surface area contributed by atoms with E-state index in [0.717, 1.165) is 16.7 Å². The molecule has 0 amide bonds. The van der Waals surface area contributed by atoms with E-state index in [1.807, 2.05) is 13.0 Å². The predicted octanol–water partition coefficient (Wildman–Crippen LogP) is 1.88. The van der Waals surface area contributed by atoms with Crippen LogP contribution in [0, 0.1) is 0 Å². The summed E-state index contributed by atoms with van der Waals surface area (Å²) in [7, 11) is 2.06. The van der Waals surface area contributed by atoms with Crippen molar-refractivity contribution in [1.29, 1.82) is 0 Å². The van der Waals surface area contributed by atoms with Crippen LogP contribution < -0.4 is 5.46 Å². The molecule has 1 aromatic rings. The van der Waals surface area contributed by atoms with Gasteiger partial charge in [-0.2, -0.15) is 0 Å². The largest absolute Gasteiger partial charge is 0.300 e. The maximum absolute atomic E-state index is 10.9. The zero-order chi connectivity index (χ0) is 12.1. The number of ketones is 1. The van der Waals surface area contributed by atoms with Crippen molar-refractivity contribution in [3.63, 3.8) is 0 Å². The van der Waals surface area contributed by atoms with Crippen LogP contribution in [0.3, 0.4) is 0 Å². The lowest BCUT2D eigenvalue weighted by atomic mass is 9.93. The number of carbonyl (C=O) groups excluding carboxylic acids is 1. The highest BCUT2D eigenvalue weighted by molar-refractivity contribution is 6.32. The smallest absolute Gasteiger partial charge is 0.139 e. The van der Waals surface area contributed by atoms with Gasteiger partial charge in [0.25, 0.3) is 0 Å². The average molecular weight is 212 g/mol. The molecule has 0 aliphatic heterocycles. The number of rotatable bonds is 4. The van der Waals surface area contributed by atoms with E-state index in [9.17, 15) is 4.79 Å². The SMILES string of the molecule is Bc1ccc(C(=C)/C=C(\C)CC(C)=O)cc1. The zero-order valence-electron chi connectivity index (χ0n) is 10.2. The third kappa shape index (κ3) is 3.89. The molecule has 82 valence electrons. The van der Waals surface area contributed by atoms with Crippen LogP contribution in [0.2, 0.25) is 0 Å². The van der Waals surface area contributed by atoms with Gasteiger partial charge in [-0.05, 0) is 25.0 Å². The lowest BCUT2D eigenvalue weighted by Gasteiger charge is -2.03. The van der Waals surface area contributed by atoms with Gasteiger partial charge in [0.2, 0.25) is 0 Å². The second-order valence-corrected chi connectivity index (χ2v) is 4.26. The number of hydrogen-bond acceptors (Lipinski definition) is 1. The zero-order valence-corrected chi connectivity index (χ0v) is 10.2. The fraction of sp³-hybridized carbons (Fsp3) is 0.214. The summed E-state index contributed by atoms with van der Waals surface area (Å²) in [6.45, 7) is 7.58. The molecule has 0 fully saturated rings. The first-order valence-electron chi connectivity index (χ1n) is 5.41. The first kappa shape index (κ1) is 12.5. The van der Waals surface area contributed by atoms with E-state index >= 15 is 0 Å². The minimum Gasteiger partial charge on any atom is -0.300 e. The molecule has 0 saturated heterocycles. The Morgan fingerprint density at radius 2 is 1.88 bits per heavy atom. The van der Waals surface area contributed by atoms with Gasteiger partial charge in [-0.15, -0.1) is 0 Å². The molecule has 1 nitrogen and oxygen atoms in total. The summed E-state index contributed by atoms with van der Waals surface area (Å²) in [6.07, 6.45) is 2.48. The summed E-state index contributed by atoms with van der Waals surface area (Å²) in [6, 6.07) is 8.23. The Bertz CT molecular complexity index is 427. The van der Waals surface area contributed by atoms with E-state index < -0.39 is 0 Å². The van der Waals surface area contributed by atoms with E-state index in [1.165, 1.54) is 5.46 Å². The summed E-state index contributed by atoms with van der Waals surface area (Å²) in [5.41, 5.74) is 4.35. The Hall–Kier alpha value is -1.57. The summed E-state index contributed by atoms with van der Waals surface area (Å²) >= 11 is 0. The average Bonchev–Trinajstić information content (AvgIpc) is 2.16. The lowest BCUT2D eigenvalue weighted by Crippen LogP contribution is -2.00. The van der Waals surface area contributed by atoms with Crippen molar-refractivity contribution in [2.45, 2.75) is 20.3 Å². The number of allylic oxidation sites excluding steroid dienone is 3. The molecule has 0 radical (unpaired) electrons. The molecule has 0 spiro atoms. The summed E-state index contributed by atoms with van der Waals surface area (Å²) < 4.78 is 0. The van der Waals surface area contributed by atoms with Gasteiger partial charge in [-0.1, -0.05) is 48.0 Å². The van der Waals surface area contributed by atoms with Crippen molar-refractivity contribution in [3.8, 4) is 0 Å². The second kappa shape index (κ2) is 5.50. The molecule has 1 rings (SSSR count). The van der Waals surface area contributed by atoms with Crippen LogP contribution in [0.15, 0.2) is 42.5 Å². The molecule has 0 aliphatic carbocycles. The second-order valence-electron chi connectivity index (χ2n) is 4.26. The monoisotopic (exact) mass is 212 g/mol. The maximum atomic E-state index is 10.9. The predicted molar refractivity (Wildman–Crippen MR) is 72.7 cm³/mol. The number of Topliss-reactive ketones (excluding diaryl/α,β-unsaturated/α-hetero) is 1. The molecule has 0 unspecified atom stereocenters. The molecule has 0 atom stereocenters. The van der Waals surface area contributed by atoms with Crippen LogP contribution in [0.4, 0.5) is 0 Å². The first-order chi connectivity index (χ1) is 7.49. The first-order valence-corrected chi connectivity index (χ1v) is 5.41. The highest BCUT2D eigenvalue weighted by atomic mass is 16.1. The van der Waals surface area contributed by atoms with Gasteiger partial charge >= 0.3 is 0 Å². The van der Waals surface area contributed by atoms with Crippen molar-refractivity contribution in [2.24, 2.45) is 0 Å². The number of carbonyl (C=O) groups is 1. The van der Waals surface area contributed by atoms with Gasteiger partial charge in [-0.25, -0.2) is 0 Å². The van der Waals surface area contributed by atoms with Crippen LogP contribution in [-0.2, 0) is 4.79 Å². The Morgan fingerprint density at radius 3 is 2.38 bits per heavy atom. The highest BCUT2D eigenvalue weighted by Gasteiger charge is 1.99. The van der Waals surface area contributed by atoms with Gasteiger partial charge in [0.05, 0.1) is 0 Å². The van der Waals surface area contributed by atoms with E-state index in [-0.39, 0.29) is 5.78 Å². The normalized spacial score (nSPS) is 11.2.